The van der Waals surface area contributed by atoms with Gasteiger partial charge in [0.2, 0.25) is 0 Å². The number of hydrogen-bond acceptors (Lipinski definition) is 3. The minimum Gasteiger partial charge on any atom is -0.497 e. The first-order valence-corrected chi connectivity index (χ1v) is 9.00. The van der Waals surface area contributed by atoms with E-state index in [1.165, 1.54) is 16.7 Å². The molecule has 4 rings (SSSR count). The zero-order chi connectivity index (χ0) is 20.0. The molecule has 2 aromatic heterocycles. The summed E-state index contributed by atoms with van der Waals surface area (Å²) in [5.74, 6) is 0.297. The van der Waals surface area contributed by atoms with Crippen LogP contribution >= 0.6 is 0 Å². The monoisotopic (exact) mass is 381 g/mol. The predicted octanol–water partition coefficient (Wildman–Crippen LogP) is 2.87. The molecule has 0 saturated heterocycles. The smallest absolute Gasteiger partial charge is 0.331 e. The van der Waals surface area contributed by atoms with Gasteiger partial charge in [0.15, 0.2) is 0 Å². The van der Waals surface area contributed by atoms with E-state index in [4.69, 9.17) is 4.74 Å². The zero-order valence-electron chi connectivity index (χ0n) is 15.9. The Morgan fingerprint density at radius 2 is 1.71 bits per heavy atom. The van der Waals surface area contributed by atoms with Gasteiger partial charge < -0.3 is 9.30 Å². The number of aromatic nitrogens is 3. The molecular weight excluding hydrogens is 361 g/mol. The quantitative estimate of drug-likeness (QED) is 0.546. The fourth-order valence-electron chi connectivity index (χ4n) is 3.71. The summed E-state index contributed by atoms with van der Waals surface area (Å²) in [5.41, 5.74) is 1.82. The lowest BCUT2D eigenvalue weighted by Crippen LogP contribution is -2.40. The van der Waals surface area contributed by atoms with Crippen molar-refractivity contribution < 1.29 is 9.13 Å². The van der Waals surface area contributed by atoms with Gasteiger partial charge in [-0.15, -0.1) is 0 Å². The highest BCUT2D eigenvalue weighted by Gasteiger charge is 2.20. The molecule has 4 aromatic rings. The van der Waals surface area contributed by atoms with Crippen molar-refractivity contribution in [3.05, 3.63) is 74.7 Å². The van der Waals surface area contributed by atoms with Crippen LogP contribution in [0, 0.1) is 5.82 Å². The standard InChI is InChI=1S/C21H20FN3O3/c1-4-24-18-16-11-15(28-3)9-10-17(16)23(2)19(18)20(26)25(21(24)27)12-13-5-7-14(22)8-6-13/h5-11H,4,12H2,1-3H3. The predicted molar refractivity (Wildman–Crippen MR) is 107 cm³/mol. The van der Waals surface area contributed by atoms with E-state index in [1.807, 2.05) is 32.2 Å². The van der Waals surface area contributed by atoms with Crippen LogP contribution in [-0.4, -0.2) is 20.8 Å². The summed E-state index contributed by atoms with van der Waals surface area (Å²) in [5, 5.41) is 0.793. The molecule has 0 fully saturated rings. The van der Waals surface area contributed by atoms with Crippen LogP contribution in [0.15, 0.2) is 52.1 Å². The Balaban J connectivity index is 2.07. The molecule has 6 nitrogen and oxygen atoms in total. The van der Waals surface area contributed by atoms with Gasteiger partial charge >= 0.3 is 5.69 Å². The van der Waals surface area contributed by atoms with Crippen molar-refractivity contribution in [2.24, 2.45) is 7.05 Å². The van der Waals surface area contributed by atoms with Crippen molar-refractivity contribution in [1.82, 2.24) is 13.7 Å². The highest BCUT2D eigenvalue weighted by molar-refractivity contribution is 6.06. The highest BCUT2D eigenvalue weighted by atomic mass is 19.1. The average molecular weight is 381 g/mol. The van der Waals surface area contributed by atoms with Crippen molar-refractivity contribution in [2.75, 3.05) is 7.11 Å². The number of nitrogens with zero attached hydrogens (tertiary/aromatic N) is 3. The van der Waals surface area contributed by atoms with Crippen molar-refractivity contribution in [1.29, 1.82) is 0 Å². The van der Waals surface area contributed by atoms with Crippen molar-refractivity contribution >= 4 is 21.9 Å². The second kappa shape index (κ2) is 6.67. The Morgan fingerprint density at radius 1 is 1.00 bits per heavy atom. The van der Waals surface area contributed by atoms with Gasteiger partial charge in [-0.2, -0.15) is 0 Å². The van der Waals surface area contributed by atoms with Gasteiger partial charge in [0.05, 0.1) is 24.7 Å². The highest BCUT2D eigenvalue weighted by Crippen LogP contribution is 2.28. The summed E-state index contributed by atoms with van der Waals surface area (Å²) in [6.07, 6.45) is 0. The van der Waals surface area contributed by atoms with Gasteiger partial charge in [-0.05, 0) is 42.8 Å². The summed E-state index contributed by atoms with van der Waals surface area (Å²) in [4.78, 5) is 26.4. The minimum atomic E-state index is -0.389. The normalized spacial score (nSPS) is 11.4. The molecule has 0 saturated carbocycles. The molecule has 28 heavy (non-hydrogen) atoms. The lowest BCUT2D eigenvalue weighted by molar-refractivity contribution is 0.415. The van der Waals surface area contributed by atoms with Gasteiger partial charge in [0, 0.05) is 19.0 Å². The van der Waals surface area contributed by atoms with Crippen LogP contribution in [0.5, 0.6) is 5.75 Å². The Hall–Kier alpha value is -3.35. The van der Waals surface area contributed by atoms with Crippen LogP contribution in [-0.2, 0) is 20.1 Å². The number of fused-ring (bicyclic) bond motifs is 3. The molecule has 0 aliphatic carbocycles. The average Bonchev–Trinajstić information content (AvgIpc) is 2.99. The third-order valence-electron chi connectivity index (χ3n) is 5.13. The van der Waals surface area contributed by atoms with Crippen LogP contribution in [0.1, 0.15) is 12.5 Å². The molecule has 0 unspecified atom stereocenters. The van der Waals surface area contributed by atoms with Crippen molar-refractivity contribution in [3.63, 3.8) is 0 Å². The number of halogens is 1. The third-order valence-corrected chi connectivity index (χ3v) is 5.13. The third kappa shape index (κ3) is 2.62. The van der Waals surface area contributed by atoms with E-state index in [9.17, 15) is 14.0 Å². The summed E-state index contributed by atoms with van der Waals surface area (Å²) in [7, 11) is 3.39. The molecule has 0 radical (unpaired) electrons. The molecule has 7 heteroatoms. The van der Waals surface area contributed by atoms with E-state index in [0.29, 0.717) is 28.9 Å². The number of aryl methyl sites for hydroxylation is 2. The molecular formula is C21H20FN3O3. The van der Waals surface area contributed by atoms with Crippen LogP contribution in [0.3, 0.4) is 0 Å². The number of methoxy groups -OCH3 is 1. The van der Waals surface area contributed by atoms with E-state index in [0.717, 1.165) is 10.9 Å². The van der Waals surface area contributed by atoms with Gasteiger partial charge in [-0.3, -0.25) is 13.9 Å². The van der Waals surface area contributed by atoms with E-state index in [2.05, 4.69) is 0 Å². The number of benzene rings is 2. The molecule has 144 valence electrons. The summed E-state index contributed by atoms with van der Waals surface area (Å²) in [6.45, 7) is 2.36. The largest absolute Gasteiger partial charge is 0.497 e. The first-order chi connectivity index (χ1) is 13.5. The molecule has 0 aliphatic heterocycles. The summed E-state index contributed by atoms with van der Waals surface area (Å²) in [6, 6.07) is 11.3. The van der Waals surface area contributed by atoms with Crippen LogP contribution < -0.4 is 16.0 Å². The van der Waals surface area contributed by atoms with E-state index in [1.54, 1.807) is 28.4 Å². The minimum absolute atomic E-state index is 0.0821. The molecule has 0 N–H and O–H groups in total. The van der Waals surface area contributed by atoms with Gasteiger partial charge in [-0.1, -0.05) is 12.1 Å². The lowest BCUT2D eigenvalue weighted by Gasteiger charge is -2.11. The fourth-order valence-corrected chi connectivity index (χ4v) is 3.71. The van der Waals surface area contributed by atoms with Crippen LogP contribution in [0.4, 0.5) is 4.39 Å². The number of hydrogen-bond donors (Lipinski definition) is 0. The topological polar surface area (TPSA) is 58.2 Å². The summed E-state index contributed by atoms with van der Waals surface area (Å²) >= 11 is 0. The second-order valence-corrected chi connectivity index (χ2v) is 6.68. The molecule has 0 aliphatic rings. The molecule has 0 amide bonds. The van der Waals surface area contributed by atoms with Gasteiger partial charge in [0.25, 0.3) is 5.56 Å². The SMILES string of the molecule is CCn1c(=O)n(Cc2ccc(F)cc2)c(=O)c2c1c1cc(OC)ccc1n2C. The molecule has 2 heterocycles. The van der Waals surface area contributed by atoms with E-state index in [-0.39, 0.29) is 23.6 Å². The van der Waals surface area contributed by atoms with Crippen LogP contribution in [0.25, 0.3) is 21.9 Å². The Labute approximate surface area is 160 Å². The Kier molecular flexibility index (Phi) is 4.30. The maximum absolute atomic E-state index is 13.3. The van der Waals surface area contributed by atoms with Gasteiger partial charge in [0.1, 0.15) is 17.1 Å². The maximum atomic E-state index is 13.3. The number of ether oxygens (including phenoxy) is 1. The second-order valence-electron chi connectivity index (χ2n) is 6.68. The fraction of sp³-hybridized carbons (Fsp3) is 0.238. The van der Waals surface area contributed by atoms with E-state index < -0.39 is 0 Å². The van der Waals surface area contributed by atoms with E-state index >= 15 is 0 Å². The van der Waals surface area contributed by atoms with Gasteiger partial charge in [-0.25, -0.2) is 9.18 Å². The Morgan fingerprint density at radius 3 is 2.36 bits per heavy atom. The number of rotatable bonds is 4. The first kappa shape index (κ1) is 18.0. The summed E-state index contributed by atoms with van der Waals surface area (Å²) < 4.78 is 23.1. The van der Waals surface area contributed by atoms with Crippen LogP contribution in [0.2, 0.25) is 0 Å². The van der Waals surface area contributed by atoms with Crippen molar-refractivity contribution in [2.45, 2.75) is 20.0 Å². The Bertz CT molecular complexity index is 1310. The first-order valence-electron chi connectivity index (χ1n) is 9.00. The lowest BCUT2D eigenvalue weighted by atomic mass is 10.2. The molecule has 2 aromatic carbocycles. The molecule has 0 spiro atoms. The molecule has 0 bridgehead atoms. The maximum Gasteiger partial charge on any atom is 0.331 e. The van der Waals surface area contributed by atoms with Crippen molar-refractivity contribution in [3.8, 4) is 5.75 Å². The molecule has 0 atom stereocenters. The zero-order valence-corrected chi connectivity index (χ0v) is 15.9.